The highest BCUT2D eigenvalue weighted by molar-refractivity contribution is 5.62. The smallest absolute Gasteiger partial charge is 0.135 e. The van der Waals surface area contributed by atoms with Crippen molar-refractivity contribution in [3.05, 3.63) is 41.7 Å². The van der Waals surface area contributed by atoms with Crippen LogP contribution < -0.4 is 10.6 Å². The molecule has 2 aromatic rings. The number of aliphatic hydroxyl groups is 1. The van der Waals surface area contributed by atoms with Gasteiger partial charge >= 0.3 is 0 Å². The number of aliphatic hydroxyl groups excluding tert-OH is 1. The van der Waals surface area contributed by atoms with Gasteiger partial charge in [0.1, 0.15) is 18.0 Å². The Bertz CT molecular complexity index is 557. The first-order chi connectivity index (χ1) is 9.19. The second-order valence-electron chi connectivity index (χ2n) is 4.38. The van der Waals surface area contributed by atoms with Gasteiger partial charge in [-0.05, 0) is 31.0 Å². The van der Waals surface area contributed by atoms with Gasteiger partial charge in [0.2, 0.25) is 0 Å². The quantitative estimate of drug-likeness (QED) is 0.767. The van der Waals surface area contributed by atoms with Crippen LogP contribution >= 0.6 is 0 Å². The van der Waals surface area contributed by atoms with Gasteiger partial charge in [-0.25, -0.2) is 9.97 Å². The van der Waals surface area contributed by atoms with E-state index in [4.69, 9.17) is 5.11 Å². The molecular formula is C14H18N4O. The molecule has 0 aliphatic heterocycles. The summed E-state index contributed by atoms with van der Waals surface area (Å²) >= 11 is 0. The summed E-state index contributed by atoms with van der Waals surface area (Å²) in [5.41, 5.74) is 3.39. The molecule has 0 fully saturated rings. The summed E-state index contributed by atoms with van der Waals surface area (Å²) in [6.45, 7) is 4.65. The fourth-order valence-corrected chi connectivity index (χ4v) is 1.71. The van der Waals surface area contributed by atoms with Gasteiger partial charge in [-0.3, -0.25) is 0 Å². The molecule has 19 heavy (non-hydrogen) atoms. The largest absolute Gasteiger partial charge is 0.395 e. The molecule has 5 nitrogen and oxygen atoms in total. The Morgan fingerprint density at radius 3 is 2.68 bits per heavy atom. The van der Waals surface area contributed by atoms with Crippen molar-refractivity contribution in [2.75, 3.05) is 23.8 Å². The summed E-state index contributed by atoms with van der Waals surface area (Å²) in [5.74, 6) is 1.42. The monoisotopic (exact) mass is 258 g/mol. The minimum Gasteiger partial charge on any atom is -0.395 e. The van der Waals surface area contributed by atoms with E-state index in [-0.39, 0.29) is 6.61 Å². The summed E-state index contributed by atoms with van der Waals surface area (Å²) in [7, 11) is 0. The molecular weight excluding hydrogens is 240 g/mol. The fraction of sp³-hybridized carbons (Fsp3) is 0.286. The van der Waals surface area contributed by atoms with Crippen molar-refractivity contribution in [2.45, 2.75) is 13.8 Å². The highest BCUT2D eigenvalue weighted by atomic mass is 16.3. The summed E-state index contributed by atoms with van der Waals surface area (Å²) < 4.78 is 0. The number of hydrogen-bond donors (Lipinski definition) is 3. The molecule has 5 heteroatoms. The minimum absolute atomic E-state index is 0.0732. The van der Waals surface area contributed by atoms with Crippen LogP contribution in [0.1, 0.15) is 11.1 Å². The van der Waals surface area contributed by atoms with Crippen molar-refractivity contribution < 1.29 is 5.11 Å². The number of hydrogen-bond acceptors (Lipinski definition) is 5. The summed E-state index contributed by atoms with van der Waals surface area (Å²) in [4.78, 5) is 8.27. The number of benzene rings is 1. The SMILES string of the molecule is Cc1ccc(C)c(Nc2cc(NCCO)ncn2)c1. The lowest BCUT2D eigenvalue weighted by Gasteiger charge is -2.10. The van der Waals surface area contributed by atoms with Crippen LogP contribution in [0.15, 0.2) is 30.6 Å². The van der Waals surface area contributed by atoms with Gasteiger partial charge in [-0.1, -0.05) is 12.1 Å². The highest BCUT2D eigenvalue weighted by Crippen LogP contribution is 2.21. The third-order valence-electron chi connectivity index (χ3n) is 2.74. The first-order valence-corrected chi connectivity index (χ1v) is 6.20. The van der Waals surface area contributed by atoms with Gasteiger partial charge in [0.25, 0.3) is 0 Å². The van der Waals surface area contributed by atoms with Crippen molar-refractivity contribution in [1.29, 1.82) is 0 Å². The number of rotatable bonds is 5. The Labute approximate surface area is 112 Å². The second-order valence-corrected chi connectivity index (χ2v) is 4.38. The fourth-order valence-electron chi connectivity index (χ4n) is 1.71. The van der Waals surface area contributed by atoms with Crippen molar-refractivity contribution in [3.8, 4) is 0 Å². The van der Waals surface area contributed by atoms with Crippen LogP contribution in [0, 0.1) is 13.8 Å². The van der Waals surface area contributed by atoms with E-state index in [0.717, 1.165) is 17.1 Å². The molecule has 0 unspecified atom stereocenters. The molecule has 0 aliphatic carbocycles. The average Bonchev–Trinajstić information content (AvgIpc) is 2.41. The van der Waals surface area contributed by atoms with E-state index in [1.807, 2.05) is 13.0 Å². The molecule has 100 valence electrons. The standard InChI is InChI=1S/C14H18N4O/c1-10-3-4-11(2)12(7-10)18-14-8-13(15-5-6-19)16-9-17-14/h3-4,7-9,19H,5-6H2,1-2H3,(H2,15,16,17,18). The van der Waals surface area contributed by atoms with E-state index < -0.39 is 0 Å². The molecule has 0 amide bonds. The Kier molecular flexibility index (Phi) is 4.30. The van der Waals surface area contributed by atoms with Crippen molar-refractivity contribution >= 4 is 17.3 Å². The topological polar surface area (TPSA) is 70.1 Å². The van der Waals surface area contributed by atoms with Crippen LogP contribution in [-0.2, 0) is 0 Å². The van der Waals surface area contributed by atoms with Crippen LogP contribution in [0.5, 0.6) is 0 Å². The van der Waals surface area contributed by atoms with E-state index >= 15 is 0 Å². The molecule has 1 aromatic carbocycles. The third-order valence-corrected chi connectivity index (χ3v) is 2.74. The van der Waals surface area contributed by atoms with Crippen LogP contribution in [0.2, 0.25) is 0 Å². The van der Waals surface area contributed by atoms with E-state index in [9.17, 15) is 0 Å². The molecule has 0 spiro atoms. The van der Waals surface area contributed by atoms with Gasteiger partial charge < -0.3 is 15.7 Å². The maximum absolute atomic E-state index is 8.78. The van der Waals surface area contributed by atoms with Gasteiger partial charge in [0.05, 0.1) is 6.61 Å². The molecule has 1 heterocycles. The molecule has 0 bridgehead atoms. The van der Waals surface area contributed by atoms with E-state index in [1.165, 1.54) is 11.9 Å². The van der Waals surface area contributed by atoms with E-state index in [0.29, 0.717) is 12.4 Å². The van der Waals surface area contributed by atoms with Gasteiger partial charge in [0.15, 0.2) is 0 Å². The maximum Gasteiger partial charge on any atom is 0.135 e. The lowest BCUT2D eigenvalue weighted by Crippen LogP contribution is -2.07. The molecule has 3 N–H and O–H groups in total. The first kappa shape index (κ1) is 13.3. The third kappa shape index (κ3) is 3.66. The Hall–Kier alpha value is -2.14. The number of nitrogens with one attached hydrogen (secondary N) is 2. The predicted molar refractivity (Wildman–Crippen MR) is 76.8 cm³/mol. The number of nitrogens with zero attached hydrogens (tertiary/aromatic N) is 2. The summed E-state index contributed by atoms with van der Waals surface area (Å²) in [5, 5.41) is 15.1. The minimum atomic E-state index is 0.0732. The zero-order valence-corrected chi connectivity index (χ0v) is 11.1. The highest BCUT2D eigenvalue weighted by Gasteiger charge is 2.02. The van der Waals surface area contributed by atoms with Crippen LogP contribution in [-0.4, -0.2) is 28.2 Å². The van der Waals surface area contributed by atoms with Gasteiger partial charge in [-0.2, -0.15) is 0 Å². The van der Waals surface area contributed by atoms with Crippen molar-refractivity contribution in [2.24, 2.45) is 0 Å². The number of anilines is 3. The Morgan fingerprint density at radius 2 is 1.89 bits per heavy atom. The average molecular weight is 258 g/mol. The molecule has 0 radical (unpaired) electrons. The molecule has 0 atom stereocenters. The number of aromatic nitrogens is 2. The van der Waals surface area contributed by atoms with Crippen molar-refractivity contribution in [1.82, 2.24) is 9.97 Å². The molecule has 0 saturated heterocycles. The lowest BCUT2D eigenvalue weighted by atomic mass is 10.1. The Morgan fingerprint density at radius 1 is 1.11 bits per heavy atom. The number of aryl methyl sites for hydroxylation is 2. The molecule has 0 aliphatic rings. The summed E-state index contributed by atoms with van der Waals surface area (Å²) in [6.07, 6.45) is 1.49. The normalized spacial score (nSPS) is 10.3. The van der Waals surface area contributed by atoms with E-state index in [2.05, 4.69) is 45.7 Å². The van der Waals surface area contributed by atoms with Gasteiger partial charge in [-0.15, -0.1) is 0 Å². The van der Waals surface area contributed by atoms with Crippen LogP contribution in [0.3, 0.4) is 0 Å². The lowest BCUT2D eigenvalue weighted by molar-refractivity contribution is 0.311. The summed E-state index contributed by atoms with van der Waals surface area (Å²) in [6, 6.07) is 8.05. The van der Waals surface area contributed by atoms with Gasteiger partial charge in [0, 0.05) is 18.3 Å². The zero-order valence-electron chi connectivity index (χ0n) is 11.1. The molecule has 1 aromatic heterocycles. The van der Waals surface area contributed by atoms with Crippen molar-refractivity contribution in [3.63, 3.8) is 0 Å². The molecule has 0 saturated carbocycles. The van der Waals surface area contributed by atoms with Crippen LogP contribution in [0.25, 0.3) is 0 Å². The first-order valence-electron chi connectivity index (χ1n) is 6.20. The Balaban J connectivity index is 2.16. The predicted octanol–water partition coefficient (Wildman–Crippen LogP) is 2.24. The molecule has 2 rings (SSSR count). The van der Waals surface area contributed by atoms with E-state index in [1.54, 1.807) is 0 Å². The second kappa shape index (κ2) is 6.15. The zero-order chi connectivity index (χ0) is 13.7. The van der Waals surface area contributed by atoms with Crippen LogP contribution in [0.4, 0.5) is 17.3 Å². The maximum atomic E-state index is 8.78.